The van der Waals surface area contributed by atoms with Crippen LogP contribution in [0.1, 0.15) is 31.2 Å². The van der Waals surface area contributed by atoms with Gasteiger partial charge in [0.05, 0.1) is 0 Å². The topological polar surface area (TPSA) is 92.5 Å². The Hall–Kier alpha value is -1.60. The predicted octanol–water partition coefficient (Wildman–Crippen LogP) is 2.07. The molecule has 0 spiro atoms. The fourth-order valence-electron chi connectivity index (χ4n) is 1.41. The molecule has 0 aliphatic carbocycles. The number of nitrogen functional groups attached to an aromatic ring is 1. The van der Waals surface area contributed by atoms with Crippen molar-refractivity contribution in [2.24, 2.45) is 5.84 Å². The molecule has 0 saturated heterocycles. The summed E-state index contributed by atoms with van der Waals surface area (Å²) in [7, 11) is 0. The van der Waals surface area contributed by atoms with Gasteiger partial charge in [0.2, 0.25) is 0 Å². The monoisotopic (exact) mass is 264 g/mol. The molecule has 2 heterocycles. The zero-order valence-corrected chi connectivity index (χ0v) is 11.4. The maximum atomic E-state index is 5.49. The first-order valence-corrected chi connectivity index (χ1v) is 6.46. The smallest absolute Gasteiger partial charge is 0.171 e. The molecule has 96 valence electrons. The van der Waals surface area contributed by atoms with Gasteiger partial charge in [0.1, 0.15) is 16.7 Å². The quantitative estimate of drug-likeness (QED) is 0.445. The Bertz CT molecular complexity index is 523. The van der Waals surface area contributed by atoms with Gasteiger partial charge in [-0.25, -0.2) is 20.8 Å². The van der Waals surface area contributed by atoms with Gasteiger partial charge in [-0.15, -0.1) is 0 Å². The van der Waals surface area contributed by atoms with E-state index in [2.05, 4.69) is 25.4 Å². The first-order valence-electron chi connectivity index (χ1n) is 5.64. The number of nitrogens with zero attached hydrogens (tertiary/aromatic N) is 3. The third kappa shape index (κ3) is 2.62. The molecule has 0 unspecified atom stereocenters. The number of nitrogens with one attached hydrogen (secondary N) is 2. The van der Waals surface area contributed by atoms with Crippen LogP contribution >= 0.6 is 11.8 Å². The van der Waals surface area contributed by atoms with Crippen molar-refractivity contribution in [3.05, 3.63) is 23.8 Å². The Morgan fingerprint density at radius 3 is 2.72 bits per heavy atom. The standard InChI is InChI=1S/C11H16N6S/c1-6(2)8-15-9(17-12)7(3)10(16-8)18-11-13-4-5-14-11/h4-6H,12H2,1-3H3,(H,13,14)(H,15,16,17). The second kappa shape index (κ2) is 5.36. The average molecular weight is 264 g/mol. The van der Waals surface area contributed by atoms with Crippen molar-refractivity contribution < 1.29 is 0 Å². The molecular weight excluding hydrogens is 248 g/mol. The molecule has 0 aliphatic heterocycles. The van der Waals surface area contributed by atoms with Crippen molar-refractivity contribution in [2.45, 2.75) is 36.9 Å². The maximum Gasteiger partial charge on any atom is 0.171 e. The zero-order valence-electron chi connectivity index (χ0n) is 10.6. The molecule has 0 amide bonds. The van der Waals surface area contributed by atoms with Crippen LogP contribution in [0.5, 0.6) is 0 Å². The molecule has 18 heavy (non-hydrogen) atoms. The number of hydrazine groups is 1. The highest BCUT2D eigenvalue weighted by Gasteiger charge is 2.14. The van der Waals surface area contributed by atoms with Crippen molar-refractivity contribution in [3.63, 3.8) is 0 Å². The van der Waals surface area contributed by atoms with Crippen molar-refractivity contribution in [1.29, 1.82) is 0 Å². The van der Waals surface area contributed by atoms with Gasteiger partial charge < -0.3 is 10.4 Å². The summed E-state index contributed by atoms with van der Waals surface area (Å²) in [4.78, 5) is 16.2. The molecule has 0 fully saturated rings. The second-order valence-corrected chi connectivity index (χ2v) is 5.13. The lowest BCUT2D eigenvalue weighted by molar-refractivity contribution is 0.748. The Morgan fingerprint density at radius 1 is 1.39 bits per heavy atom. The minimum absolute atomic E-state index is 0.244. The summed E-state index contributed by atoms with van der Waals surface area (Å²) in [6, 6.07) is 0. The molecular formula is C11H16N6S. The molecule has 0 bridgehead atoms. The van der Waals surface area contributed by atoms with Crippen LogP contribution in [-0.2, 0) is 0 Å². The molecule has 0 atom stereocenters. The van der Waals surface area contributed by atoms with Crippen LogP contribution in [0, 0.1) is 6.92 Å². The van der Waals surface area contributed by atoms with Crippen LogP contribution in [-0.4, -0.2) is 19.9 Å². The van der Waals surface area contributed by atoms with Crippen LogP contribution in [0.3, 0.4) is 0 Å². The Labute approximate surface area is 110 Å². The Kier molecular flexibility index (Phi) is 3.83. The number of aromatic nitrogens is 4. The van der Waals surface area contributed by atoms with Crippen molar-refractivity contribution in [3.8, 4) is 0 Å². The van der Waals surface area contributed by atoms with E-state index >= 15 is 0 Å². The maximum absolute atomic E-state index is 5.49. The lowest BCUT2D eigenvalue weighted by atomic mass is 10.2. The van der Waals surface area contributed by atoms with Crippen LogP contribution in [0.25, 0.3) is 0 Å². The van der Waals surface area contributed by atoms with Gasteiger partial charge in [-0.1, -0.05) is 13.8 Å². The highest BCUT2D eigenvalue weighted by molar-refractivity contribution is 7.99. The summed E-state index contributed by atoms with van der Waals surface area (Å²) < 4.78 is 0. The highest BCUT2D eigenvalue weighted by Crippen LogP contribution is 2.30. The average Bonchev–Trinajstić information content (AvgIpc) is 2.84. The lowest BCUT2D eigenvalue weighted by Gasteiger charge is -2.12. The van der Waals surface area contributed by atoms with Crippen molar-refractivity contribution in [2.75, 3.05) is 5.43 Å². The summed E-state index contributed by atoms with van der Waals surface area (Å²) >= 11 is 1.47. The Morgan fingerprint density at radius 2 is 2.17 bits per heavy atom. The van der Waals surface area contributed by atoms with E-state index in [4.69, 9.17) is 5.84 Å². The van der Waals surface area contributed by atoms with Crippen LogP contribution < -0.4 is 11.3 Å². The fraction of sp³-hybridized carbons (Fsp3) is 0.364. The molecule has 0 saturated carbocycles. The minimum atomic E-state index is 0.244. The van der Waals surface area contributed by atoms with E-state index in [0.717, 1.165) is 21.6 Å². The molecule has 0 aliphatic rings. The van der Waals surface area contributed by atoms with Gasteiger partial charge in [0.25, 0.3) is 0 Å². The molecule has 2 rings (SSSR count). The third-order valence-corrected chi connectivity index (χ3v) is 3.45. The zero-order chi connectivity index (χ0) is 13.1. The predicted molar refractivity (Wildman–Crippen MR) is 71.4 cm³/mol. The van der Waals surface area contributed by atoms with Gasteiger partial charge in [-0.2, -0.15) is 0 Å². The number of rotatable bonds is 4. The number of hydrogen-bond acceptors (Lipinski definition) is 6. The number of hydrogen-bond donors (Lipinski definition) is 3. The van der Waals surface area contributed by atoms with Gasteiger partial charge in [0.15, 0.2) is 5.16 Å². The van der Waals surface area contributed by atoms with Crippen molar-refractivity contribution in [1.82, 2.24) is 19.9 Å². The van der Waals surface area contributed by atoms with E-state index in [1.807, 2.05) is 20.8 Å². The van der Waals surface area contributed by atoms with Gasteiger partial charge in [0, 0.05) is 23.9 Å². The number of aromatic amines is 1. The first kappa shape index (κ1) is 12.8. The van der Waals surface area contributed by atoms with Crippen LogP contribution in [0.4, 0.5) is 5.82 Å². The molecule has 2 aromatic rings. The number of imidazole rings is 1. The summed E-state index contributed by atoms with van der Waals surface area (Å²) in [5.74, 6) is 7.15. The van der Waals surface area contributed by atoms with Gasteiger partial charge in [-0.05, 0) is 18.7 Å². The van der Waals surface area contributed by atoms with E-state index in [1.165, 1.54) is 11.8 Å². The van der Waals surface area contributed by atoms with Crippen LogP contribution in [0.2, 0.25) is 0 Å². The van der Waals surface area contributed by atoms with Gasteiger partial charge >= 0.3 is 0 Å². The second-order valence-electron chi connectivity index (χ2n) is 4.16. The molecule has 7 heteroatoms. The van der Waals surface area contributed by atoms with E-state index in [9.17, 15) is 0 Å². The van der Waals surface area contributed by atoms with E-state index in [-0.39, 0.29) is 5.92 Å². The first-order chi connectivity index (χ1) is 8.61. The van der Waals surface area contributed by atoms with E-state index in [0.29, 0.717) is 5.82 Å². The molecule has 4 N–H and O–H groups in total. The number of H-pyrrole nitrogens is 1. The summed E-state index contributed by atoms with van der Waals surface area (Å²) in [6.45, 7) is 6.03. The SMILES string of the molecule is Cc1c(NN)nc(C(C)C)nc1Sc1ncc[nH]1. The highest BCUT2D eigenvalue weighted by atomic mass is 32.2. The lowest BCUT2D eigenvalue weighted by Crippen LogP contribution is -2.13. The molecule has 6 nitrogen and oxygen atoms in total. The Balaban J connectivity index is 2.41. The summed E-state index contributed by atoms with van der Waals surface area (Å²) in [5.41, 5.74) is 3.54. The van der Waals surface area contributed by atoms with Gasteiger partial charge in [-0.3, -0.25) is 0 Å². The molecule has 2 aromatic heterocycles. The molecule has 0 radical (unpaired) electrons. The minimum Gasteiger partial charge on any atom is -0.339 e. The third-order valence-electron chi connectivity index (χ3n) is 2.44. The number of nitrogens with two attached hydrogens (primary N) is 1. The molecule has 0 aromatic carbocycles. The largest absolute Gasteiger partial charge is 0.339 e. The van der Waals surface area contributed by atoms with Crippen molar-refractivity contribution >= 4 is 17.6 Å². The fourth-order valence-corrected chi connectivity index (χ4v) is 2.22. The van der Waals surface area contributed by atoms with E-state index in [1.54, 1.807) is 12.4 Å². The summed E-state index contributed by atoms with van der Waals surface area (Å²) in [5, 5.41) is 1.66. The van der Waals surface area contributed by atoms with E-state index < -0.39 is 0 Å². The van der Waals surface area contributed by atoms with Crippen LogP contribution in [0.15, 0.2) is 22.6 Å². The normalized spacial score (nSPS) is 10.9. The summed E-state index contributed by atoms with van der Waals surface area (Å²) in [6.07, 6.45) is 3.49. The number of anilines is 1.